The Morgan fingerprint density at radius 2 is 1.79 bits per heavy atom. The number of carbonyl (C=O) groups is 2. The molecule has 0 saturated carbocycles. The number of carbonyl (C=O) groups excluding carboxylic acids is 1. The van der Waals surface area contributed by atoms with Gasteiger partial charge in [0.2, 0.25) is 0 Å². The summed E-state index contributed by atoms with van der Waals surface area (Å²) in [5.74, 6) is -1.41. The summed E-state index contributed by atoms with van der Waals surface area (Å²) in [4.78, 5) is 22.3. The number of hydrogen-bond acceptors (Lipinski definition) is 2. The molecule has 0 aliphatic rings. The van der Waals surface area contributed by atoms with E-state index in [9.17, 15) is 9.59 Å². The molecule has 0 atom stereocenters. The summed E-state index contributed by atoms with van der Waals surface area (Å²) in [6, 6.07) is 6.14. The third kappa shape index (κ3) is 2.22. The van der Waals surface area contributed by atoms with Crippen LogP contribution in [0.25, 0.3) is 0 Å². The van der Waals surface area contributed by atoms with E-state index in [0.29, 0.717) is 0 Å². The number of rotatable bonds is 2. The van der Waals surface area contributed by atoms with Crippen molar-refractivity contribution in [2.24, 2.45) is 0 Å². The normalized spacial score (nSPS) is 9.57. The van der Waals surface area contributed by atoms with Crippen LogP contribution in [0.1, 0.15) is 20.7 Å². The molecule has 0 aromatic heterocycles. The van der Waals surface area contributed by atoms with Gasteiger partial charge in [-0.15, -0.1) is 0 Å². The maximum absolute atomic E-state index is 11.5. The predicted molar refractivity (Wildman–Crippen MR) is 59.5 cm³/mol. The van der Waals surface area contributed by atoms with Crippen LogP contribution in [0.2, 0.25) is 0 Å². The second-order valence-electron chi connectivity index (χ2n) is 2.63. The zero-order valence-electron chi connectivity index (χ0n) is 7.40. The van der Waals surface area contributed by atoms with Gasteiger partial charge >= 0.3 is 5.97 Å². The molecule has 0 saturated heterocycles. The summed E-state index contributed by atoms with van der Waals surface area (Å²) >= 11 is 1.80. The predicted octanol–water partition coefficient (Wildman–Crippen LogP) is 1.81. The molecule has 1 N–H and O–H groups in total. The topological polar surface area (TPSA) is 57.6 Å². The lowest BCUT2D eigenvalue weighted by molar-refractivity contribution is 0.0689. The fraction of sp³-hybridized carbons (Fsp3) is 0.111. The van der Waals surface area contributed by atoms with Crippen molar-refractivity contribution < 1.29 is 14.7 Å². The van der Waals surface area contributed by atoms with Crippen molar-refractivity contribution in [3.05, 3.63) is 35.4 Å². The highest BCUT2D eigenvalue weighted by molar-refractivity contribution is 14.1. The molecule has 1 aromatic carbocycles. The van der Waals surface area contributed by atoms with Gasteiger partial charge in [-0.25, -0.2) is 4.79 Å². The molecule has 0 heterocycles. The lowest BCUT2D eigenvalue weighted by Gasteiger charge is -2.09. The van der Waals surface area contributed by atoms with E-state index in [-0.39, 0.29) is 17.0 Å². The molecular formula is C9H8INO3. The molecule has 0 unspecified atom stereocenters. The summed E-state index contributed by atoms with van der Waals surface area (Å²) < 4.78 is 1.32. The average molecular weight is 305 g/mol. The maximum Gasteiger partial charge on any atom is 0.336 e. The van der Waals surface area contributed by atoms with Crippen molar-refractivity contribution in [3.63, 3.8) is 0 Å². The molecule has 0 aliphatic heterocycles. The van der Waals surface area contributed by atoms with E-state index in [4.69, 9.17) is 5.11 Å². The van der Waals surface area contributed by atoms with Crippen molar-refractivity contribution in [3.8, 4) is 0 Å². The van der Waals surface area contributed by atoms with Crippen LogP contribution >= 0.6 is 22.9 Å². The van der Waals surface area contributed by atoms with Gasteiger partial charge in [0.05, 0.1) is 34.0 Å². The van der Waals surface area contributed by atoms with E-state index in [2.05, 4.69) is 0 Å². The Morgan fingerprint density at radius 1 is 1.29 bits per heavy atom. The van der Waals surface area contributed by atoms with E-state index in [1.54, 1.807) is 42.0 Å². The highest BCUT2D eigenvalue weighted by atomic mass is 127. The maximum atomic E-state index is 11.5. The van der Waals surface area contributed by atoms with Gasteiger partial charge in [-0.3, -0.25) is 7.91 Å². The minimum atomic E-state index is -1.09. The van der Waals surface area contributed by atoms with Crippen LogP contribution in [0.15, 0.2) is 24.3 Å². The molecule has 0 bridgehead atoms. The Labute approximate surface area is 95.0 Å². The van der Waals surface area contributed by atoms with Gasteiger partial charge < -0.3 is 5.11 Å². The lowest BCUT2D eigenvalue weighted by Crippen LogP contribution is -2.19. The van der Waals surface area contributed by atoms with Gasteiger partial charge in [-0.05, 0) is 12.1 Å². The Bertz CT molecular complexity index is 376. The van der Waals surface area contributed by atoms with E-state index >= 15 is 0 Å². The standard InChI is InChI=1S/C9H8INO3/c1-11(10)8(12)6-4-2-3-5-7(6)9(13)14/h2-5H,1H3,(H,13,14). The van der Waals surface area contributed by atoms with Crippen molar-refractivity contribution in [1.82, 2.24) is 3.11 Å². The van der Waals surface area contributed by atoms with Gasteiger partial charge in [-0.1, -0.05) is 12.1 Å². The molecule has 5 heteroatoms. The van der Waals surface area contributed by atoms with Gasteiger partial charge in [-0.2, -0.15) is 0 Å². The molecular weight excluding hydrogens is 297 g/mol. The Morgan fingerprint density at radius 3 is 2.21 bits per heavy atom. The summed E-state index contributed by atoms with van der Waals surface area (Å²) in [7, 11) is 1.57. The summed E-state index contributed by atoms with van der Waals surface area (Å²) in [5, 5.41) is 8.82. The Balaban J connectivity index is 3.20. The molecule has 0 radical (unpaired) electrons. The number of aromatic carboxylic acids is 1. The molecule has 0 aliphatic carbocycles. The monoisotopic (exact) mass is 305 g/mol. The molecule has 1 rings (SSSR count). The minimum absolute atomic E-state index is 0.0287. The number of hydrogen-bond donors (Lipinski definition) is 1. The van der Waals surface area contributed by atoms with E-state index in [1.807, 2.05) is 0 Å². The Kier molecular flexibility index (Phi) is 3.45. The zero-order valence-corrected chi connectivity index (χ0v) is 9.56. The smallest absolute Gasteiger partial charge is 0.336 e. The van der Waals surface area contributed by atoms with Gasteiger partial charge in [0.25, 0.3) is 5.91 Å². The van der Waals surface area contributed by atoms with E-state index in [0.717, 1.165) is 0 Å². The van der Waals surface area contributed by atoms with Crippen LogP contribution < -0.4 is 0 Å². The molecule has 74 valence electrons. The molecule has 1 amide bonds. The summed E-state index contributed by atoms with van der Waals surface area (Å²) in [6.45, 7) is 0. The van der Waals surface area contributed by atoms with Gasteiger partial charge in [0.15, 0.2) is 0 Å². The molecule has 14 heavy (non-hydrogen) atoms. The van der Waals surface area contributed by atoms with Gasteiger partial charge in [0.1, 0.15) is 0 Å². The van der Waals surface area contributed by atoms with Crippen molar-refractivity contribution in [1.29, 1.82) is 0 Å². The van der Waals surface area contributed by atoms with Crippen LogP contribution in [-0.4, -0.2) is 27.1 Å². The average Bonchev–Trinajstić information content (AvgIpc) is 2.16. The summed E-state index contributed by atoms with van der Waals surface area (Å²) in [5.41, 5.74) is 0.234. The largest absolute Gasteiger partial charge is 0.478 e. The van der Waals surface area contributed by atoms with E-state index in [1.165, 1.54) is 15.2 Å². The molecule has 1 aromatic rings. The number of amides is 1. The highest BCUT2D eigenvalue weighted by Crippen LogP contribution is 2.12. The van der Waals surface area contributed by atoms with Crippen LogP contribution in [-0.2, 0) is 0 Å². The molecule has 4 nitrogen and oxygen atoms in total. The zero-order chi connectivity index (χ0) is 10.7. The number of halogens is 1. The number of carboxylic acid groups (broad SMARTS) is 1. The van der Waals surface area contributed by atoms with Crippen molar-refractivity contribution in [2.45, 2.75) is 0 Å². The quantitative estimate of drug-likeness (QED) is 0.669. The second-order valence-corrected chi connectivity index (χ2v) is 4.08. The fourth-order valence-electron chi connectivity index (χ4n) is 1.02. The summed E-state index contributed by atoms with van der Waals surface area (Å²) in [6.07, 6.45) is 0. The number of nitrogens with zero attached hydrogens (tertiary/aromatic N) is 1. The number of carboxylic acids is 1. The molecule has 0 fully saturated rings. The van der Waals surface area contributed by atoms with E-state index < -0.39 is 5.97 Å². The lowest BCUT2D eigenvalue weighted by atomic mass is 10.1. The van der Waals surface area contributed by atoms with Gasteiger partial charge in [0, 0.05) is 7.05 Å². The first kappa shape index (κ1) is 11.0. The van der Waals surface area contributed by atoms with Crippen molar-refractivity contribution >= 4 is 34.7 Å². The first-order chi connectivity index (χ1) is 6.54. The third-order valence-electron chi connectivity index (χ3n) is 1.67. The third-order valence-corrected chi connectivity index (χ3v) is 2.11. The van der Waals surface area contributed by atoms with Crippen LogP contribution in [0.3, 0.4) is 0 Å². The minimum Gasteiger partial charge on any atom is -0.478 e. The Hall–Kier alpha value is -1.11. The van der Waals surface area contributed by atoms with Crippen molar-refractivity contribution in [2.75, 3.05) is 7.05 Å². The SMILES string of the molecule is CN(I)C(=O)c1ccccc1C(=O)O. The first-order valence-corrected chi connectivity index (χ1v) is 4.76. The fourth-order valence-corrected chi connectivity index (χ4v) is 1.28. The van der Waals surface area contributed by atoms with Crippen LogP contribution in [0, 0.1) is 0 Å². The second kappa shape index (κ2) is 4.41. The first-order valence-electron chi connectivity index (χ1n) is 3.80. The number of benzene rings is 1. The molecule has 0 spiro atoms. The van der Waals surface area contributed by atoms with Crippen LogP contribution in [0.5, 0.6) is 0 Å². The van der Waals surface area contributed by atoms with Crippen LogP contribution in [0.4, 0.5) is 0 Å². The highest BCUT2D eigenvalue weighted by Gasteiger charge is 2.17.